The molecule has 1 N–H and O–H groups in total. The van der Waals surface area contributed by atoms with Crippen molar-refractivity contribution in [2.75, 3.05) is 44.8 Å². The van der Waals surface area contributed by atoms with E-state index in [4.69, 9.17) is 9.47 Å². The van der Waals surface area contributed by atoms with Gasteiger partial charge in [-0.15, -0.1) is 22.7 Å². The number of aryl methyl sites for hydroxylation is 1. The number of esters is 1. The molecule has 0 aliphatic carbocycles. The summed E-state index contributed by atoms with van der Waals surface area (Å²) in [5, 5.41) is 6.71. The Morgan fingerprint density at radius 3 is 2.93 bits per heavy atom. The molecule has 9 heteroatoms. The number of carbonyl (C=O) groups is 2. The first-order chi connectivity index (χ1) is 13.2. The van der Waals surface area contributed by atoms with Gasteiger partial charge < -0.3 is 9.47 Å². The van der Waals surface area contributed by atoms with Crippen molar-refractivity contribution in [3.8, 4) is 0 Å². The number of hydrogen-bond acceptors (Lipinski definition) is 8. The van der Waals surface area contributed by atoms with E-state index in [9.17, 15) is 9.59 Å². The second kappa shape index (κ2) is 9.93. The van der Waals surface area contributed by atoms with Crippen molar-refractivity contribution in [2.24, 2.45) is 0 Å². The maximum Gasteiger partial charge on any atom is 0.357 e. The van der Waals surface area contributed by atoms with Gasteiger partial charge in [-0.25, -0.2) is 9.78 Å². The Hall–Kier alpha value is -1.81. The van der Waals surface area contributed by atoms with E-state index in [1.54, 1.807) is 12.3 Å². The molecule has 1 fully saturated rings. The molecule has 146 valence electrons. The first-order valence-corrected chi connectivity index (χ1v) is 10.7. The predicted octanol–water partition coefficient (Wildman–Crippen LogP) is 2.90. The summed E-state index contributed by atoms with van der Waals surface area (Å²) in [7, 11) is 0. The monoisotopic (exact) mass is 409 g/mol. The summed E-state index contributed by atoms with van der Waals surface area (Å²) in [4.78, 5) is 31.5. The number of nitrogens with zero attached hydrogens (tertiary/aromatic N) is 2. The molecule has 0 atom stereocenters. The Morgan fingerprint density at radius 1 is 1.33 bits per heavy atom. The number of amides is 1. The molecule has 0 spiro atoms. The highest BCUT2D eigenvalue weighted by Crippen LogP contribution is 2.22. The van der Waals surface area contributed by atoms with Crippen LogP contribution < -0.4 is 5.32 Å². The van der Waals surface area contributed by atoms with Crippen LogP contribution in [0.25, 0.3) is 0 Å². The minimum atomic E-state index is -0.478. The molecular weight excluding hydrogens is 386 g/mol. The lowest BCUT2D eigenvalue weighted by Gasteiger charge is -2.26. The minimum absolute atomic E-state index is 0.184. The lowest BCUT2D eigenvalue weighted by Crippen LogP contribution is -2.36. The van der Waals surface area contributed by atoms with E-state index in [1.165, 1.54) is 22.7 Å². The summed E-state index contributed by atoms with van der Waals surface area (Å²) in [6, 6.07) is 2.00. The van der Waals surface area contributed by atoms with Gasteiger partial charge in [0.1, 0.15) is 0 Å². The van der Waals surface area contributed by atoms with Crippen LogP contribution in [0.2, 0.25) is 0 Å². The third-order valence-electron chi connectivity index (χ3n) is 4.19. The van der Waals surface area contributed by atoms with Gasteiger partial charge in [0.05, 0.1) is 24.7 Å². The normalized spacial score (nSPS) is 14.9. The van der Waals surface area contributed by atoms with E-state index in [0.29, 0.717) is 16.6 Å². The number of anilines is 1. The lowest BCUT2D eigenvalue weighted by molar-refractivity contribution is 0.0374. The summed E-state index contributed by atoms with van der Waals surface area (Å²) >= 11 is 2.64. The van der Waals surface area contributed by atoms with Gasteiger partial charge >= 0.3 is 5.97 Å². The standard InChI is InChI=1S/C18H23N3O4S2/c1-2-25-17(23)14-12-27-18(19-14)20-16(22)15-13(5-11-26-15)4-3-6-21-7-9-24-10-8-21/h5,11-12H,2-4,6-10H2,1H3,(H,19,20,22). The Bertz CT molecular complexity index is 768. The molecule has 1 aliphatic rings. The number of morpholine rings is 1. The van der Waals surface area contributed by atoms with Crippen LogP contribution in [0.1, 0.15) is 39.1 Å². The highest BCUT2D eigenvalue weighted by molar-refractivity contribution is 7.14. The third kappa shape index (κ3) is 5.58. The fourth-order valence-corrected chi connectivity index (χ4v) is 4.36. The van der Waals surface area contributed by atoms with Gasteiger partial charge in [0.25, 0.3) is 5.91 Å². The fraction of sp³-hybridized carbons (Fsp3) is 0.500. The van der Waals surface area contributed by atoms with Gasteiger partial charge in [0.2, 0.25) is 0 Å². The Labute approximate surface area is 166 Å². The summed E-state index contributed by atoms with van der Waals surface area (Å²) in [5.41, 5.74) is 1.27. The highest BCUT2D eigenvalue weighted by Gasteiger charge is 2.17. The van der Waals surface area contributed by atoms with Crippen molar-refractivity contribution >= 4 is 39.7 Å². The molecule has 0 bridgehead atoms. The van der Waals surface area contributed by atoms with E-state index >= 15 is 0 Å². The molecule has 3 heterocycles. The van der Waals surface area contributed by atoms with Crippen molar-refractivity contribution in [3.63, 3.8) is 0 Å². The molecule has 0 unspecified atom stereocenters. The van der Waals surface area contributed by atoms with Crippen LogP contribution in [0, 0.1) is 0 Å². The van der Waals surface area contributed by atoms with E-state index in [0.717, 1.165) is 51.3 Å². The van der Waals surface area contributed by atoms with E-state index < -0.39 is 5.97 Å². The molecular formula is C18H23N3O4S2. The zero-order valence-corrected chi connectivity index (χ0v) is 16.9. The van der Waals surface area contributed by atoms with E-state index in [1.807, 2.05) is 11.4 Å². The highest BCUT2D eigenvalue weighted by atomic mass is 32.1. The van der Waals surface area contributed by atoms with Gasteiger partial charge in [-0.05, 0) is 43.3 Å². The van der Waals surface area contributed by atoms with Gasteiger partial charge in [-0.2, -0.15) is 0 Å². The fourth-order valence-electron chi connectivity index (χ4n) is 2.83. The number of aromatic nitrogens is 1. The number of ether oxygens (including phenoxy) is 2. The number of hydrogen-bond donors (Lipinski definition) is 1. The molecule has 0 saturated carbocycles. The zero-order valence-electron chi connectivity index (χ0n) is 15.2. The van der Waals surface area contributed by atoms with Gasteiger partial charge in [-0.3, -0.25) is 15.0 Å². The second-order valence-corrected chi connectivity index (χ2v) is 7.82. The van der Waals surface area contributed by atoms with Gasteiger partial charge in [0.15, 0.2) is 10.8 Å². The minimum Gasteiger partial charge on any atom is -0.461 e. The quantitative estimate of drug-likeness (QED) is 0.675. The van der Waals surface area contributed by atoms with Crippen molar-refractivity contribution in [1.29, 1.82) is 0 Å². The Kier molecular flexibility index (Phi) is 7.33. The van der Waals surface area contributed by atoms with Crippen LogP contribution in [0.4, 0.5) is 5.13 Å². The molecule has 0 radical (unpaired) electrons. The molecule has 3 rings (SSSR count). The Morgan fingerprint density at radius 2 is 2.15 bits per heavy atom. The maximum absolute atomic E-state index is 12.6. The molecule has 27 heavy (non-hydrogen) atoms. The number of carbonyl (C=O) groups excluding carboxylic acids is 2. The lowest BCUT2D eigenvalue weighted by atomic mass is 10.1. The van der Waals surface area contributed by atoms with Crippen molar-refractivity contribution in [3.05, 3.63) is 33.0 Å². The van der Waals surface area contributed by atoms with Crippen molar-refractivity contribution in [1.82, 2.24) is 9.88 Å². The number of nitrogens with one attached hydrogen (secondary N) is 1. The van der Waals surface area contributed by atoms with Crippen LogP contribution >= 0.6 is 22.7 Å². The molecule has 1 aliphatic heterocycles. The summed E-state index contributed by atoms with van der Waals surface area (Å²) in [6.45, 7) is 6.59. The molecule has 1 saturated heterocycles. The largest absolute Gasteiger partial charge is 0.461 e. The average Bonchev–Trinajstić information content (AvgIpc) is 3.32. The average molecular weight is 410 g/mol. The predicted molar refractivity (Wildman–Crippen MR) is 106 cm³/mol. The van der Waals surface area contributed by atoms with Crippen LogP contribution in [0.5, 0.6) is 0 Å². The molecule has 7 nitrogen and oxygen atoms in total. The van der Waals surface area contributed by atoms with Crippen LogP contribution in [-0.2, 0) is 15.9 Å². The van der Waals surface area contributed by atoms with Gasteiger partial charge in [-0.1, -0.05) is 0 Å². The topological polar surface area (TPSA) is 80.8 Å². The van der Waals surface area contributed by atoms with Crippen LogP contribution in [0.15, 0.2) is 16.8 Å². The maximum atomic E-state index is 12.6. The van der Waals surface area contributed by atoms with Crippen LogP contribution in [-0.4, -0.2) is 61.2 Å². The summed E-state index contributed by atoms with van der Waals surface area (Å²) < 4.78 is 10.3. The summed E-state index contributed by atoms with van der Waals surface area (Å²) in [5.74, 6) is -0.662. The SMILES string of the molecule is CCOC(=O)c1csc(NC(=O)c2sccc2CCCN2CCOCC2)n1. The van der Waals surface area contributed by atoms with Crippen LogP contribution in [0.3, 0.4) is 0 Å². The smallest absolute Gasteiger partial charge is 0.357 e. The van der Waals surface area contributed by atoms with E-state index in [-0.39, 0.29) is 11.6 Å². The van der Waals surface area contributed by atoms with Crippen molar-refractivity contribution < 1.29 is 19.1 Å². The zero-order chi connectivity index (χ0) is 19.1. The molecule has 1 amide bonds. The number of rotatable bonds is 8. The number of thiazole rings is 1. The molecule has 0 aromatic carbocycles. The van der Waals surface area contributed by atoms with Gasteiger partial charge in [0, 0.05) is 18.5 Å². The molecule has 2 aromatic rings. The Balaban J connectivity index is 1.53. The third-order valence-corrected chi connectivity index (χ3v) is 5.90. The first kappa shape index (κ1) is 19.9. The second-order valence-electron chi connectivity index (χ2n) is 6.05. The number of thiophene rings is 1. The van der Waals surface area contributed by atoms with E-state index in [2.05, 4.69) is 15.2 Å². The summed E-state index contributed by atoms with van der Waals surface area (Å²) in [6.07, 6.45) is 1.86. The van der Waals surface area contributed by atoms with Crippen molar-refractivity contribution in [2.45, 2.75) is 19.8 Å². The first-order valence-electron chi connectivity index (χ1n) is 8.98. The molecule has 2 aromatic heterocycles.